The van der Waals surface area contributed by atoms with Crippen molar-refractivity contribution in [2.45, 2.75) is 38.5 Å². The Kier molecular flexibility index (Phi) is 8.02. The van der Waals surface area contributed by atoms with Gasteiger partial charge in [0, 0.05) is 36.7 Å². The number of anilines is 1. The van der Waals surface area contributed by atoms with Crippen LogP contribution in [-0.2, 0) is 27.3 Å². The van der Waals surface area contributed by atoms with Crippen molar-refractivity contribution in [2.24, 2.45) is 0 Å². The molecule has 0 aliphatic carbocycles. The van der Waals surface area contributed by atoms with E-state index in [0.29, 0.717) is 22.0 Å². The Balaban J connectivity index is 1.38. The number of fused-ring (bicyclic) bond motifs is 1. The fraction of sp³-hybridized carbons (Fsp3) is 0.259. The number of likely N-dealkylation sites (tertiary alicyclic amines) is 1. The second-order valence-electron chi connectivity index (χ2n) is 9.61. The average Bonchev–Trinajstić information content (AvgIpc) is 3.51. The van der Waals surface area contributed by atoms with Crippen molar-refractivity contribution >= 4 is 56.2 Å². The van der Waals surface area contributed by atoms with Crippen LogP contribution in [0.1, 0.15) is 29.7 Å². The topological polar surface area (TPSA) is 160 Å². The smallest absolute Gasteiger partial charge is 0.311 e. The summed E-state index contributed by atoms with van der Waals surface area (Å²) in [6, 6.07) is 6.27. The van der Waals surface area contributed by atoms with Gasteiger partial charge in [0.15, 0.2) is 11.6 Å². The molecule has 2 atom stereocenters. The number of rotatable bonds is 8. The molecule has 4 heterocycles. The van der Waals surface area contributed by atoms with Gasteiger partial charge in [0.1, 0.15) is 47.1 Å². The monoisotopic (exact) mass is 641 g/mol. The van der Waals surface area contributed by atoms with Crippen LogP contribution in [0.2, 0.25) is 0 Å². The lowest BCUT2D eigenvalue weighted by atomic mass is 10.0. The Morgan fingerprint density at radius 3 is 2.52 bits per heavy atom. The van der Waals surface area contributed by atoms with Crippen molar-refractivity contribution in [1.29, 1.82) is 0 Å². The van der Waals surface area contributed by atoms with Crippen molar-refractivity contribution in [2.75, 3.05) is 11.9 Å². The number of carboxylic acid groups (broad SMARTS) is 1. The second kappa shape index (κ2) is 11.7. The van der Waals surface area contributed by atoms with Gasteiger partial charge in [-0.05, 0) is 45.8 Å². The molecule has 1 aliphatic heterocycles. The predicted octanol–water partition coefficient (Wildman–Crippen LogP) is 3.20. The van der Waals surface area contributed by atoms with Gasteiger partial charge in [0.05, 0.1) is 12.1 Å². The molecule has 0 saturated carbocycles. The summed E-state index contributed by atoms with van der Waals surface area (Å²) in [5.41, 5.74) is 1.77. The molecule has 0 bridgehead atoms. The maximum Gasteiger partial charge on any atom is 0.311 e. The maximum atomic E-state index is 14.4. The fourth-order valence-electron chi connectivity index (χ4n) is 4.69. The van der Waals surface area contributed by atoms with Crippen molar-refractivity contribution in [1.82, 2.24) is 29.6 Å². The molecule has 0 radical (unpaired) electrons. The van der Waals surface area contributed by atoms with Gasteiger partial charge >= 0.3 is 5.97 Å². The van der Waals surface area contributed by atoms with Crippen molar-refractivity contribution < 1.29 is 33.1 Å². The maximum absolute atomic E-state index is 14.4. The number of pyridine rings is 1. The zero-order valence-electron chi connectivity index (χ0n) is 21.9. The number of carbonyl (C=O) groups is 4. The SMILES string of the molecule is CC(=O)c1nn(CC(=O)N2C[C@H](F)C[C@H]2C(=O)Nc2ccc(F)c(Br)n2)c2ccc(-c3cnc(CC(=O)O)nc3)cc12. The lowest BCUT2D eigenvalue weighted by Gasteiger charge is -2.23. The summed E-state index contributed by atoms with van der Waals surface area (Å²) >= 11 is 2.94. The number of nitrogens with zero attached hydrogens (tertiary/aromatic N) is 6. The summed E-state index contributed by atoms with van der Waals surface area (Å²) in [7, 11) is 0. The molecule has 1 fully saturated rings. The highest BCUT2D eigenvalue weighted by molar-refractivity contribution is 9.10. The van der Waals surface area contributed by atoms with Crippen LogP contribution in [0.3, 0.4) is 0 Å². The molecule has 216 valence electrons. The Morgan fingerprint density at radius 1 is 1.12 bits per heavy atom. The summed E-state index contributed by atoms with van der Waals surface area (Å²) in [6.07, 6.45) is 0.958. The minimum Gasteiger partial charge on any atom is -0.481 e. The number of hydrogen-bond donors (Lipinski definition) is 2. The number of alkyl halides is 1. The molecular formula is C27H22BrF2N7O5. The molecule has 0 unspecified atom stereocenters. The first-order valence-electron chi connectivity index (χ1n) is 12.6. The van der Waals surface area contributed by atoms with E-state index in [1.165, 1.54) is 30.1 Å². The zero-order valence-corrected chi connectivity index (χ0v) is 23.5. The van der Waals surface area contributed by atoms with Gasteiger partial charge in [-0.3, -0.25) is 23.9 Å². The standard InChI is InChI=1S/C27H22BrF2N7O5/c1-13(38)25-17-6-14(15-9-31-22(32-10-15)8-24(40)41)2-4-19(17)37(35-25)12-23(39)36-11-16(29)7-20(36)27(42)34-21-5-3-18(30)26(28)33-21/h2-6,9-10,16,20H,7-8,11-12H2,1H3,(H,40,41)(H,33,34,42)/t16-,20+/m1/s1. The van der Waals surface area contributed by atoms with Gasteiger partial charge in [-0.2, -0.15) is 5.10 Å². The van der Waals surface area contributed by atoms with Gasteiger partial charge in [0.25, 0.3) is 0 Å². The molecule has 5 rings (SSSR count). The van der Waals surface area contributed by atoms with E-state index in [4.69, 9.17) is 5.11 Å². The fourth-order valence-corrected chi connectivity index (χ4v) is 5.02. The molecule has 42 heavy (non-hydrogen) atoms. The zero-order chi connectivity index (χ0) is 30.1. The van der Waals surface area contributed by atoms with E-state index in [2.05, 4.69) is 41.3 Å². The predicted molar refractivity (Wildman–Crippen MR) is 148 cm³/mol. The van der Waals surface area contributed by atoms with Crippen molar-refractivity contribution in [3.05, 3.63) is 64.7 Å². The molecular weight excluding hydrogens is 620 g/mol. The minimum atomic E-state index is -1.44. The van der Waals surface area contributed by atoms with Crippen molar-refractivity contribution in [3.8, 4) is 11.1 Å². The van der Waals surface area contributed by atoms with Gasteiger partial charge in [-0.25, -0.2) is 23.7 Å². The van der Waals surface area contributed by atoms with Gasteiger partial charge in [-0.1, -0.05) is 6.07 Å². The first-order chi connectivity index (χ1) is 20.0. The number of aliphatic carboxylic acids is 1. The number of carboxylic acids is 1. The molecule has 4 aromatic rings. The lowest BCUT2D eigenvalue weighted by Crippen LogP contribution is -2.44. The largest absolute Gasteiger partial charge is 0.481 e. The summed E-state index contributed by atoms with van der Waals surface area (Å²) in [5.74, 6) is -3.12. The van der Waals surface area contributed by atoms with E-state index >= 15 is 0 Å². The van der Waals surface area contributed by atoms with Crippen LogP contribution in [0.15, 0.2) is 47.3 Å². The van der Waals surface area contributed by atoms with Gasteiger partial charge < -0.3 is 15.3 Å². The van der Waals surface area contributed by atoms with Crippen LogP contribution in [0.25, 0.3) is 22.0 Å². The molecule has 15 heteroatoms. The Bertz CT molecular complexity index is 1730. The Hall–Kier alpha value is -4.66. The summed E-state index contributed by atoms with van der Waals surface area (Å²) in [5, 5.41) is 16.2. The van der Waals surface area contributed by atoms with Crippen LogP contribution in [0.5, 0.6) is 0 Å². The third-order valence-electron chi connectivity index (χ3n) is 6.64. The van der Waals surface area contributed by atoms with Gasteiger partial charge in [-0.15, -0.1) is 0 Å². The number of benzene rings is 1. The summed E-state index contributed by atoms with van der Waals surface area (Å²) in [4.78, 5) is 62.7. The molecule has 1 saturated heterocycles. The van der Waals surface area contributed by atoms with E-state index in [-0.39, 0.29) is 53.7 Å². The Morgan fingerprint density at radius 2 is 1.86 bits per heavy atom. The molecule has 1 aromatic carbocycles. The average molecular weight is 642 g/mol. The minimum absolute atomic E-state index is 0.0323. The second-order valence-corrected chi connectivity index (χ2v) is 10.4. The van der Waals surface area contributed by atoms with E-state index in [1.807, 2.05) is 0 Å². The molecule has 2 amide bonds. The van der Waals surface area contributed by atoms with E-state index < -0.39 is 35.8 Å². The molecule has 3 aromatic heterocycles. The number of amides is 2. The van der Waals surface area contributed by atoms with Crippen LogP contribution in [0, 0.1) is 5.82 Å². The number of aromatic nitrogens is 5. The van der Waals surface area contributed by atoms with E-state index in [9.17, 15) is 28.0 Å². The van der Waals surface area contributed by atoms with E-state index in [0.717, 1.165) is 11.0 Å². The molecule has 2 N–H and O–H groups in total. The lowest BCUT2D eigenvalue weighted by molar-refractivity contribution is -0.137. The molecule has 12 nitrogen and oxygen atoms in total. The summed E-state index contributed by atoms with van der Waals surface area (Å²) in [6.45, 7) is 0.659. The van der Waals surface area contributed by atoms with Crippen molar-refractivity contribution in [3.63, 3.8) is 0 Å². The van der Waals surface area contributed by atoms with Gasteiger partial charge in [0.2, 0.25) is 11.8 Å². The number of nitrogens with one attached hydrogen (secondary N) is 1. The van der Waals surface area contributed by atoms with Crippen LogP contribution >= 0.6 is 15.9 Å². The number of carbonyl (C=O) groups excluding carboxylic acids is 3. The van der Waals surface area contributed by atoms with Crippen LogP contribution < -0.4 is 5.32 Å². The Labute approximate surface area is 244 Å². The quantitative estimate of drug-likeness (QED) is 0.217. The third kappa shape index (κ3) is 6.00. The normalized spacial score (nSPS) is 16.5. The first-order valence-corrected chi connectivity index (χ1v) is 13.4. The van der Waals surface area contributed by atoms with E-state index in [1.54, 1.807) is 18.2 Å². The highest BCUT2D eigenvalue weighted by Gasteiger charge is 2.40. The molecule has 1 aliphatic rings. The first kappa shape index (κ1) is 28.9. The highest BCUT2D eigenvalue weighted by Crippen LogP contribution is 2.28. The number of Topliss-reactive ketones (excluding diaryl/α,β-unsaturated/α-hetero) is 1. The summed E-state index contributed by atoms with van der Waals surface area (Å²) < 4.78 is 29.2. The van der Waals surface area contributed by atoms with Crippen LogP contribution in [0.4, 0.5) is 14.6 Å². The number of halogens is 3. The number of ketones is 1. The number of hydrogen-bond acceptors (Lipinski definition) is 8. The molecule has 0 spiro atoms. The van der Waals surface area contributed by atoms with Crippen LogP contribution in [-0.4, -0.2) is 77.1 Å². The highest BCUT2D eigenvalue weighted by atomic mass is 79.9. The third-order valence-corrected chi connectivity index (χ3v) is 7.20.